The van der Waals surface area contributed by atoms with Gasteiger partial charge >= 0.3 is 0 Å². The Balaban J connectivity index is 1.81. The van der Waals surface area contributed by atoms with E-state index in [-0.39, 0.29) is 22.2 Å². The highest BCUT2D eigenvalue weighted by Gasteiger charge is 2.27. The van der Waals surface area contributed by atoms with Crippen LogP contribution in [0, 0.1) is 0 Å². The highest BCUT2D eigenvalue weighted by Crippen LogP contribution is 2.29. The lowest BCUT2D eigenvalue weighted by atomic mass is 10.1. The number of nitrogens with zero attached hydrogens (tertiary/aromatic N) is 1. The molecule has 8 heteroatoms. The predicted molar refractivity (Wildman–Crippen MR) is 110 cm³/mol. The van der Waals surface area contributed by atoms with Gasteiger partial charge in [-0.05, 0) is 29.7 Å². The maximum Gasteiger partial charge on any atom is 0.247 e. The zero-order valence-corrected chi connectivity index (χ0v) is 16.9. The Hall–Kier alpha value is -2.61. The molecule has 3 aromatic rings. The van der Waals surface area contributed by atoms with Crippen LogP contribution in [0.2, 0.25) is 5.02 Å². The number of anilines is 1. The van der Waals surface area contributed by atoms with Gasteiger partial charge in [-0.2, -0.15) is 4.31 Å². The van der Waals surface area contributed by atoms with Crippen molar-refractivity contribution < 1.29 is 17.9 Å². The quantitative estimate of drug-likeness (QED) is 0.661. The van der Waals surface area contributed by atoms with E-state index in [2.05, 4.69) is 5.32 Å². The van der Waals surface area contributed by atoms with Gasteiger partial charge in [-0.25, -0.2) is 8.42 Å². The Labute approximate surface area is 168 Å². The second kappa shape index (κ2) is 8.18. The van der Waals surface area contributed by atoms with E-state index in [4.69, 9.17) is 16.3 Å². The molecular formula is C20H19ClN2O4S. The number of benzene rings is 3. The molecule has 6 nitrogen and oxygen atoms in total. The van der Waals surface area contributed by atoms with Crippen LogP contribution in [0.15, 0.2) is 65.6 Å². The lowest BCUT2D eigenvalue weighted by Gasteiger charge is -2.19. The molecule has 0 aliphatic rings. The fraction of sp³-hybridized carbons (Fsp3) is 0.150. The molecule has 0 saturated heterocycles. The summed E-state index contributed by atoms with van der Waals surface area (Å²) in [6.07, 6.45) is 0. The van der Waals surface area contributed by atoms with Crippen molar-refractivity contribution in [3.8, 4) is 5.75 Å². The Morgan fingerprint density at radius 1 is 1.11 bits per heavy atom. The van der Waals surface area contributed by atoms with E-state index in [9.17, 15) is 13.2 Å². The SMILES string of the molecule is COc1ccc(Cl)cc1S(=O)(=O)N(C)CC(=O)Nc1cccc2ccccc12. The van der Waals surface area contributed by atoms with Gasteiger partial charge in [-0.3, -0.25) is 4.79 Å². The first-order valence-corrected chi connectivity index (χ1v) is 10.2. The molecule has 0 radical (unpaired) electrons. The van der Waals surface area contributed by atoms with Crippen molar-refractivity contribution in [2.45, 2.75) is 4.90 Å². The smallest absolute Gasteiger partial charge is 0.247 e. The van der Waals surface area contributed by atoms with Gasteiger partial charge in [0.15, 0.2) is 0 Å². The topological polar surface area (TPSA) is 75.7 Å². The molecule has 0 aliphatic heterocycles. The highest BCUT2D eigenvalue weighted by atomic mass is 35.5. The Kier molecular flexibility index (Phi) is 5.88. The number of carbonyl (C=O) groups excluding carboxylic acids is 1. The highest BCUT2D eigenvalue weighted by molar-refractivity contribution is 7.89. The molecule has 0 bridgehead atoms. The molecule has 1 N–H and O–H groups in total. The predicted octanol–water partition coefficient (Wildman–Crippen LogP) is 3.76. The fourth-order valence-electron chi connectivity index (χ4n) is 2.83. The number of sulfonamides is 1. The molecule has 3 aromatic carbocycles. The largest absolute Gasteiger partial charge is 0.495 e. The molecule has 1 amide bonds. The van der Waals surface area contributed by atoms with E-state index < -0.39 is 15.9 Å². The van der Waals surface area contributed by atoms with Crippen molar-refractivity contribution in [1.82, 2.24) is 4.31 Å². The second-order valence-corrected chi connectivity index (χ2v) is 8.58. The van der Waals surface area contributed by atoms with E-state index in [1.807, 2.05) is 36.4 Å². The Bertz CT molecular complexity index is 1130. The van der Waals surface area contributed by atoms with E-state index >= 15 is 0 Å². The molecule has 0 heterocycles. The number of nitrogens with one attached hydrogen (secondary N) is 1. The van der Waals surface area contributed by atoms with E-state index in [1.54, 1.807) is 6.07 Å². The third-order valence-electron chi connectivity index (χ3n) is 4.24. The number of rotatable bonds is 6. The van der Waals surface area contributed by atoms with Crippen molar-refractivity contribution >= 4 is 44.0 Å². The van der Waals surface area contributed by atoms with Crippen LogP contribution in [0.3, 0.4) is 0 Å². The van der Waals surface area contributed by atoms with E-state index in [0.717, 1.165) is 15.1 Å². The molecule has 146 valence electrons. The summed E-state index contributed by atoms with van der Waals surface area (Å²) in [5, 5.41) is 4.89. The summed E-state index contributed by atoms with van der Waals surface area (Å²) in [5.41, 5.74) is 0.620. The summed E-state index contributed by atoms with van der Waals surface area (Å²) >= 11 is 5.94. The van der Waals surface area contributed by atoms with Crippen LogP contribution in [0.4, 0.5) is 5.69 Å². The first-order chi connectivity index (χ1) is 13.3. The van der Waals surface area contributed by atoms with Gasteiger partial charge in [-0.1, -0.05) is 48.0 Å². The van der Waals surface area contributed by atoms with E-state index in [1.165, 1.54) is 32.4 Å². The minimum Gasteiger partial charge on any atom is -0.495 e. The van der Waals surface area contributed by atoms with Crippen LogP contribution in [-0.4, -0.2) is 39.3 Å². The number of hydrogen-bond donors (Lipinski definition) is 1. The van der Waals surface area contributed by atoms with Crippen molar-refractivity contribution in [1.29, 1.82) is 0 Å². The Morgan fingerprint density at radius 3 is 2.57 bits per heavy atom. The van der Waals surface area contributed by atoms with Crippen LogP contribution in [0.25, 0.3) is 10.8 Å². The molecule has 28 heavy (non-hydrogen) atoms. The van der Waals surface area contributed by atoms with E-state index in [0.29, 0.717) is 5.69 Å². The zero-order chi connectivity index (χ0) is 20.3. The molecule has 0 spiro atoms. The lowest BCUT2D eigenvalue weighted by molar-refractivity contribution is -0.116. The van der Waals surface area contributed by atoms with Gasteiger partial charge in [0.2, 0.25) is 15.9 Å². The first kappa shape index (κ1) is 20.1. The van der Waals surface area contributed by atoms with Gasteiger partial charge in [-0.15, -0.1) is 0 Å². The number of likely N-dealkylation sites (N-methyl/N-ethyl adjacent to an activating group) is 1. The monoisotopic (exact) mass is 418 g/mol. The average Bonchev–Trinajstić information content (AvgIpc) is 2.68. The Morgan fingerprint density at radius 2 is 1.82 bits per heavy atom. The van der Waals surface area contributed by atoms with Crippen molar-refractivity contribution in [3.63, 3.8) is 0 Å². The number of methoxy groups -OCH3 is 1. The molecule has 0 fully saturated rings. The molecule has 0 aromatic heterocycles. The average molecular weight is 419 g/mol. The summed E-state index contributed by atoms with van der Waals surface area (Å²) in [6.45, 7) is -0.360. The van der Waals surface area contributed by atoms with Crippen molar-refractivity contribution in [2.75, 3.05) is 26.0 Å². The van der Waals surface area contributed by atoms with Crippen molar-refractivity contribution in [3.05, 3.63) is 65.7 Å². The summed E-state index contributed by atoms with van der Waals surface area (Å²) < 4.78 is 31.8. The molecule has 3 rings (SSSR count). The zero-order valence-electron chi connectivity index (χ0n) is 15.3. The van der Waals surface area contributed by atoms with Gasteiger partial charge in [0.1, 0.15) is 10.6 Å². The summed E-state index contributed by atoms with van der Waals surface area (Å²) in [7, 11) is -1.27. The summed E-state index contributed by atoms with van der Waals surface area (Å²) in [4.78, 5) is 12.4. The minimum atomic E-state index is -3.97. The summed E-state index contributed by atoms with van der Waals surface area (Å²) in [5.74, 6) is -0.297. The van der Waals surface area contributed by atoms with Crippen molar-refractivity contribution in [2.24, 2.45) is 0 Å². The maximum atomic E-state index is 12.9. The van der Waals surface area contributed by atoms with Crippen LogP contribution < -0.4 is 10.1 Å². The van der Waals surface area contributed by atoms with Gasteiger partial charge in [0, 0.05) is 23.1 Å². The number of hydrogen-bond acceptors (Lipinski definition) is 4. The van der Waals surface area contributed by atoms with Crippen LogP contribution in [-0.2, 0) is 14.8 Å². The molecule has 0 aliphatic carbocycles. The third-order valence-corrected chi connectivity index (χ3v) is 6.30. The molecule has 0 unspecified atom stereocenters. The normalized spacial score (nSPS) is 11.6. The number of halogens is 1. The second-order valence-electron chi connectivity index (χ2n) is 6.13. The first-order valence-electron chi connectivity index (χ1n) is 8.40. The fourth-order valence-corrected chi connectivity index (χ4v) is 4.37. The van der Waals surface area contributed by atoms with Gasteiger partial charge < -0.3 is 10.1 Å². The molecule has 0 atom stereocenters. The number of fused-ring (bicyclic) bond motifs is 1. The van der Waals surface area contributed by atoms with Gasteiger partial charge in [0.25, 0.3) is 0 Å². The standard InChI is InChI=1S/C20H19ClN2O4S/c1-23(28(25,26)19-12-15(21)10-11-18(19)27-2)13-20(24)22-17-9-5-7-14-6-3-4-8-16(14)17/h3-12H,13H2,1-2H3,(H,22,24). The lowest BCUT2D eigenvalue weighted by Crippen LogP contribution is -2.35. The molecule has 0 saturated carbocycles. The van der Waals surface area contributed by atoms with Crippen LogP contribution in [0.5, 0.6) is 5.75 Å². The number of amides is 1. The van der Waals surface area contributed by atoms with Gasteiger partial charge in [0.05, 0.1) is 13.7 Å². The molecular weight excluding hydrogens is 400 g/mol. The number of ether oxygens (including phenoxy) is 1. The maximum absolute atomic E-state index is 12.9. The van der Waals surface area contributed by atoms with Crippen LogP contribution in [0.1, 0.15) is 0 Å². The summed E-state index contributed by atoms with van der Waals surface area (Å²) in [6, 6.07) is 17.5. The minimum absolute atomic E-state index is 0.0945. The third kappa shape index (κ3) is 4.11. The number of carbonyl (C=O) groups is 1. The van der Waals surface area contributed by atoms with Crippen LogP contribution >= 0.6 is 11.6 Å².